The minimum absolute atomic E-state index is 0.00908. The van der Waals surface area contributed by atoms with Crippen molar-refractivity contribution in [2.45, 2.75) is 62.8 Å². The highest BCUT2D eigenvalue weighted by molar-refractivity contribution is 6.00. The van der Waals surface area contributed by atoms with Gasteiger partial charge in [-0.15, -0.1) is 0 Å². The standard InChI is InChI=1S/C33H34F3N5O5/c1-3-46-30-21(15-27(37)42)14-26(39-29(30)20-8-6-19(7-9-20)18-4-5-18)32(44,33(34,35)36)17-38-31(43)22-12-23-16-41(24-10-11-24)40-28(23)25(13-22)45-2/h6-9,12-14,16,18,24,44H,3-5,10-11,15,17H2,1-2H3,(H2,37,42)(H,38,43)/t32-/m1/s1. The van der Waals surface area contributed by atoms with E-state index in [9.17, 15) is 27.9 Å². The Hall–Kier alpha value is -4.65. The number of halogens is 3. The normalized spacial score (nSPS) is 16.2. The predicted octanol–water partition coefficient (Wildman–Crippen LogP) is 4.93. The maximum Gasteiger partial charge on any atom is 0.424 e. The Labute approximate surface area is 262 Å². The molecular weight excluding hydrogens is 603 g/mol. The summed E-state index contributed by atoms with van der Waals surface area (Å²) >= 11 is 0. The average Bonchev–Trinajstić information content (AvgIpc) is 3.96. The number of nitrogens with zero attached hydrogens (tertiary/aromatic N) is 3. The third-order valence-electron chi connectivity index (χ3n) is 8.33. The number of alkyl halides is 3. The molecule has 0 unspecified atom stereocenters. The van der Waals surface area contributed by atoms with Crippen molar-refractivity contribution < 1.29 is 37.3 Å². The van der Waals surface area contributed by atoms with Crippen molar-refractivity contribution in [1.82, 2.24) is 20.1 Å². The highest BCUT2D eigenvalue weighted by Crippen LogP contribution is 2.44. The van der Waals surface area contributed by atoms with Crippen LogP contribution in [0.3, 0.4) is 0 Å². The lowest BCUT2D eigenvalue weighted by Gasteiger charge is -2.31. The maximum absolute atomic E-state index is 14.8. The molecule has 13 heteroatoms. The zero-order chi connectivity index (χ0) is 32.8. The van der Waals surface area contributed by atoms with Crippen LogP contribution in [-0.4, -0.2) is 58.1 Å². The van der Waals surface area contributed by atoms with Gasteiger partial charge in [0.1, 0.15) is 22.7 Å². The summed E-state index contributed by atoms with van der Waals surface area (Å²) in [6.45, 7) is 0.549. The van der Waals surface area contributed by atoms with Crippen LogP contribution in [0.25, 0.3) is 22.2 Å². The van der Waals surface area contributed by atoms with Crippen molar-refractivity contribution in [2.24, 2.45) is 5.73 Å². The number of nitrogens with two attached hydrogens (primary N) is 1. The van der Waals surface area contributed by atoms with Gasteiger partial charge in [-0.2, -0.15) is 18.3 Å². The quantitative estimate of drug-likeness (QED) is 0.200. The topological polar surface area (TPSA) is 142 Å². The van der Waals surface area contributed by atoms with Crippen LogP contribution in [0.1, 0.15) is 71.7 Å². The number of methoxy groups -OCH3 is 1. The molecule has 4 N–H and O–H groups in total. The monoisotopic (exact) mass is 637 g/mol. The number of benzene rings is 2. The largest absolute Gasteiger partial charge is 0.494 e. The van der Waals surface area contributed by atoms with E-state index in [-0.39, 0.29) is 41.0 Å². The van der Waals surface area contributed by atoms with E-state index >= 15 is 0 Å². The Bertz CT molecular complexity index is 1800. The Morgan fingerprint density at radius 3 is 2.41 bits per heavy atom. The number of nitrogens with one attached hydrogen (secondary N) is 1. The van der Waals surface area contributed by atoms with E-state index in [1.165, 1.54) is 19.2 Å². The van der Waals surface area contributed by atoms with Gasteiger partial charge in [0.2, 0.25) is 11.5 Å². The van der Waals surface area contributed by atoms with Crippen molar-refractivity contribution in [3.8, 4) is 22.8 Å². The van der Waals surface area contributed by atoms with Gasteiger partial charge >= 0.3 is 6.18 Å². The van der Waals surface area contributed by atoms with E-state index in [1.807, 2.05) is 12.1 Å². The molecule has 0 radical (unpaired) electrons. The average molecular weight is 638 g/mol. The zero-order valence-electron chi connectivity index (χ0n) is 25.4. The van der Waals surface area contributed by atoms with Crippen LogP contribution in [0, 0.1) is 0 Å². The van der Waals surface area contributed by atoms with Gasteiger partial charge in [0.05, 0.1) is 38.4 Å². The van der Waals surface area contributed by atoms with Crippen molar-refractivity contribution in [1.29, 1.82) is 0 Å². The van der Waals surface area contributed by atoms with Crippen molar-refractivity contribution in [3.05, 3.63) is 71.0 Å². The van der Waals surface area contributed by atoms with Crippen LogP contribution in [0.2, 0.25) is 0 Å². The van der Waals surface area contributed by atoms with Crippen LogP contribution in [0.4, 0.5) is 13.2 Å². The van der Waals surface area contributed by atoms with E-state index in [1.54, 1.807) is 29.9 Å². The van der Waals surface area contributed by atoms with Gasteiger partial charge in [0.15, 0.2) is 0 Å². The molecule has 6 rings (SSSR count). The van der Waals surface area contributed by atoms with E-state index in [4.69, 9.17) is 15.2 Å². The Morgan fingerprint density at radius 1 is 1.11 bits per heavy atom. The van der Waals surface area contributed by atoms with E-state index in [0.29, 0.717) is 22.4 Å². The first-order valence-corrected chi connectivity index (χ1v) is 15.1. The summed E-state index contributed by atoms with van der Waals surface area (Å²) in [5.74, 6) is -0.869. The van der Waals surface area contributed by atoms with Gasteiger partial charge in [-0.05, 0) is 62.3 Å². The van der Waals surface area contributed by atoms with Crippen LogP contribution in [0.5, 0.6) is 11.5 Å². The van der Waals surface area contributed by atoms with Crippen molar-refractivity contribution in [3.63, 3.8) is 0 Å². The lowest BCUT2D eigenvalue weighted by atomic mass is 9.93. The van der Waals surface area contributed by atoms with Crippen molar-refractivity contribution in [2.75, 3.05) is 20.3 Å². The molecule has 0 bridgehead atoms. The molecule has 2 saturated carbocycles. The summed E-state index contributed by atoms with van der Waals surface area (Å²) in [5.41, 5.74) is 3.10. The highest BCUT2D eigenvalue weighted by Gasteiger charge is 2.57. The fourth-order valence-corrected chi connectivity index (χ4v) is 5.53. The van der Waals surface area contributed by atoms with Crippen LogP contribution in [-0.2, 0) is 16.8 Å². The summed E-state index contributed by atoms with van der Waals surface area (Å²) < 4.78 is 57.3. The van der Waals surface area contributed by atoms with Crippen LogP contribution in [0.15, 0.2) is 48.7 Å². The van der Waals surface area contributed by atoms with Crippen LogP contribution < -0.4 is 20.5 Å². The number of carbonyl (C=O) groups is 2. The number of pyridine rings is 1. The molecule has 2 aliphatic carbocycles. The third-order valence-corrected chi connectivity index (χ3v) is 8.33. The number of primary amides is 1. The molecule has 242 valence electrons. The molecule has 46 heavy (non-hydrogen) atoms. The summed E-state index contributed by atoms with van der Waals surface area (Å²) in [5, 5.41) is 18.7. The molecule has 10 nitrogen and oxygen atoms in total. The Balaban J connectivity index is 1.37. The number of fused-ring (bicyclic) bond motifs is 1. The molecule has 2 fully saturated rings. The van der Waals surface area contributed by atoms with Gasteiger partial charge in [-0.25, -0.2) is 4.98 Å². The SMILES string of the molecule is CCOc1c(CC(N)=O)cc([C@](O)(CNC(=O)c2cc(OC)c3nn(C4CC4)cc3c2)C(F)(F)F)nc1-c1ccc(C2CC2)cc1. The maximum atomic E-state index is 14.8. The Morgan fingerprint density at radius 2 is 1.83 bits per heavy atom. The second-order valence-electron chi connectivity index (χ2n) is 11.8. The number of ether oxygens (including phenoxy) is 2. The zero-order valence-corrected chi connectivity index (χ0v) is 25.4. The fourth-order valence-electron chi connectivity index (χ4n) is 5.53. The molecule has 0 spiro atoms. The van der Waals surface area contributed by atoms with Gasteiger partial charge in [0.25, 0.3) is 5.91 Å². The number of hydrogen-bond donors (Lipinski definition) is 3. The smallest absolute Gasteiger partial charge is 0.424 e. The van der Waals surface area contributed by atoms with E-state index in [0.717, 1.165) is 37.3 Å². The molecule has 0 saturated heterocycles. The summed E-state index contributed by atoms with van der Waals surface area (Å²) in [6.07, 6.45) is 0.102. The molecule has 0 aliphatic heterocycles. The number of hydrogen-bond acceptors (Lipinski definition) is 7. The predicted molar refractivity (Wildman–Crippen MR) is 163 cm³/mol. The number of aromatic nitrogens is 3. The van der Waals surface area contributed by atoms with Gasteiger partial charge in [-0.1, -0.05) is 24.3 Å². The first-order valence-electron chi connectivity index (χ1n) is 15.1. The molecule has 2 aromatic heterocycles. The Kier molecular flexibility index (Phi) is 8.13. The van der Waals surface area contributed by atoms with Gasteiger partial charge in [0, 0.05) is 28.3 Å². The molecule has 2 aromatic carbocycles. The second-order valence-corrected chi connectivity index (χ2v) is 11.8. The van der Waals surface area contributed by atoms with Gasteiger partial charge < -0.3 is 25.6 Å². The molecular formula is C33H34F3N5O5. The number of amides is 2. The van der Waals surface area contributed by atoms with Gasteiger partial charge in [-0.3, -0.25) is 14.3 Å². The lowest BCUT2D eigenvalue weighted by Crippen LogP contribution is -2.51. The van der Waals surface area contributed by atoms with Crippen LogP contribution >= 0.6 is 0 Å². The molecule has 1 atom stereocenters. The molecule has 2 heterocycles. The lowest BCUT2D eigenvalue weighted by molar-refractivity contribution is -0.265. The first-order chi connectivity index (χ1) is 21.9. The molecule has 4 aromatic rings. The minimum Gasteiger partial charge on any atom is -0.494 e. The van der Waals surface area contributed by atoms with E-state index in [2.05, 4.69) is 15.4 Å². The first kappa shape index (κ1) is 31.3. The molecule has 2 amide bonds. The number of aliphatic hydroxyl groups is 1. The number of rotatable bonds is 12. The van der Waals surface area contributed by atoms with Crippen molar-refractivity contribution >= 4 is 22.7 Å². The summed E-state index contributed by atoms with van der Waals surface area (Å²) in [6, 6.07) is 11.3. The fraction of sp³-hybridized carbons (Fsp3) is 0.394. The second kappa shape index (κ2) is 11.9. The van der Waals surface area contributed by atoms with E-state index < -0.39 is 42.3 Å². The highest BCUT2D eigenvalue weighted by atomic mass is 19.4. The summed E-state index contributed by atoms with van der Waals surface area (Å²) in [7, 11) is 1.41. The number of carbonyl (C=O) groups excluding carboxylic acids is 2. The minimum atomic E-state index is -5.29. The molecule has 2 aliphatic rings. The summed E-state index contributed by atoms with van der Waals surface area (Å²) in [4.78, 5) is 29.6. The third kappa shape index (κ3) is 6.11.